The number of nitro benzene ring substituents is 1. The molecule has 1 rings (SSSR count). The zero-order valence-corrected chi connectivity index (χ0v) is 10.3. The molecule has 4 N–H and O–H groups in total. The molecule has 8 nitrogen and oxygen atoms in total. The summed E-state index contributed by atoms with van der Waals surface area (Å²) >= 11 is 5.76. The predicted octanol–water partition coefficient (Wildman–Crippen LogP) is -1.06. The van der Waals surface area contributed by atoms with Gasteiger partial charge in [0.15, 0.2) is 0 Å². The number of halogens is 1. The highest BCUT2D eigenvalue weighted by molar-refractivity contribution is 6.33. The number of benzene rings is 1. The van der Waals surface area contributed by atoms with Crippen molar-refractivity contribution < 1.29 is 25.4 Å². The molecular weight excluding hydrogens is 278 g/mol. The lowest BCUT2D eigenvalue weighted by Gasteiger charge is -2.10. The van der Waals surface area contributed by atoms with Crippen LogP contribution in [0.1, 0.15) is 6.42 Å². The van der Waals surface area contributed by atoms with Crippen LogP contribution in [0, 0.1) is 10.1 Å². The van der Waals surface area contributed by atoms with Crippen LogP contribution in [-0.4, -0.2) is 22.8 Å². The number of carboxylic acid groups (broad SMARTS) is 1. The fourth-order valence-corrected chi connectivity index (χ4v) is 1.40. The number of nitrogens with one attached hydrogen (secondary N) is 1. The number of nitro groups is 1. The van der Waals surface area contributed by atoms with Gasteiger partial charge in [0.2, 0.25) is 5.91 Å². The zero-order valence-electron chi connectivity index (χ0n) is 9.59. The van der Waals surface area contributed by atoms with Crippen LogP contribution in [0.4, 0.5) is 11.4 Å². The second-order valence-electron chi connectivity index (χ2n) is 3.69. The van der Waals surface area contributed by atoms with Gasteiger partial charge >= 0.3 is 0 Å². The first kappa shape index (κ1) is 14.9. The summed E-state index contributed by atoms with van der Waals surface area (Å²) in [6, 6.07) is 2.31. The number of hydrogen-bond donors (Lipinski definition) is 2. The number of carbonyl (C=O) groups is 2. The van der Waals surface area contributed by atoms with Crippen molar-refractivity contribution in [1.29, 1.82) is 0 Å². The first-order valence-corrected chi connectivity index (χ1v) is 5.46. The summed E-state index contributed by atoms with van der Waals surface area (Å²) in [5.74, 6) is -2.13. The molecule has 0 spiro atoms. The highest BCUT2D eigenvalue weighted by atomic mass is 35.5. The Hall–Kier alpha value is -2.19. The van der Waals surface area contributed by atoms with Crippen molar-refractivity contribution in [2.75, 3.05) is 5.32 Å². The minimum Gasteiger partial charge on any atom is -0.544 e. The van der Waals surface area contributed by atoms with Crippen molar-refractivity contribution in [2.24, 2.45) is 0 Å². The summed E-state index contributed by atoms with van der Waals surface area (Å²) in [6.45, 7) is 0. The minimum atomic E-state index is -1.46. The number of anilines is 1. The Kier molecular flexibility index (Phi) is 4.79. The van der Waals surface area contributed by atoms with Crippen molar-refractivity contribution in [2.45, 2.75) is 12.5 Å². The molecule has 0 fully saturated rings. The summed E-state index contributed by atoms with van der Waals surface area (Å²) < 4.78 is 0. The first-order valence-electron chi connectivity index (χ1n) is 5.09. The lowest BCUT2D eigenvalue weighted by atomic mass is 10.2. The molecule has 0 saturated carbocycles. The lowest BCUT2D eigenvalue weighted by molar-refractivity contribution is -0.436. The molecule has 1 aromatic rings. The number of rotatable bonds is 5. The maximum atomic E-state index is 11.5. The Morgan fingerprint density at radius 2 is 2.11 bits per heavy atom. The molecule has 0 aliphatic carbocycles. The number of quaternary nitrogens is 1. The van der Waals surface area contributed by atoms with Crippen LogP contribution < -0.4 is 16.2 Å². The van der Waals surface area contributed by atoms with Crippen molar-refractivity contribution in [1.82, 2.24) is 0 Å². The van der Waals surface area contributed by atoms with E-state index in [1.54, 1.807) is 0 Å². The van der Waals surface area contributed by atoms with Gasteiger partial charge in [0.25, 0.3) is 5.69 Å². The highest BCUT2D eigenvalue weighted by Gasteiger charge is 2.16. The van der Waals surface area contributed by atoms with Crippen LogP contribution in [0.15, 0.2) is 18.2 Å². The summed E-state index contributed by atoms with van der Waals surface area (Å²) in [5, 5.41) is 23.4. The molecule has 0 unspecified atom stereocenters. The van der Waals surface area contributed by atoms with E-state index in [1.807, 2.05) is 0 Å². The van der Waals surface area contributed by atoms with Gasteiger partial charge in [-0.2, -0.15) is 0 Å². The molecule has 1 atom stereocenters. The third kappa shape index (κ3) is 4.19. The lowest BCUT2D eigenvalue weighted by Crippen LogP contribution is -2.69. The van der Waals surface area contributed by atoms with Gasteiger partial charge in [-0.3, -0.25) is 14.9 Å². The number of non-ortho nitro benzene ring substituents is 1. The number of hydrogen-bond acceptors (Lipinski definition) is 5. The fourth-order valence-electron chi connectivity index (χ4n) is 1.23. The maximum Gasteiger partial charge on any atom is 0.271 e. The summed E-state index contributed by atoms with van der Waals surface area (Å²) in [4.78, 5) is 31.8. The molecule has 0 aromatic heterocycles. The van der Waals surface area contributed by atoms with Crippen molar-refractivity contribution in [3.63, 3.8) is 0 Å². The average Bonchev–Trinajstić information content (AvgIpc) is 2.31. The van der Waals surface area contributed by atoms with E-state index in [1.165, 1.54) is 12.1 Å². The number of aliphatic carboxylic acids is 1. The number of amides is 1. The average molecular weight is 288 g/mol. The zero-order chi connectivity index (χ0) is 14.6. The van der Waals surface area contributed by atoms with E-state index in [0.717, 1.165) is 6.07 Å². The topological polar surface area (TPSA) is 140 Å². The van der Waals surface area contributed by atoms with Crippen LogP contribution in [-0.2, 0) is 9.59 Å². The van der Waals surface area contributed by atoms with Gasteiger partial charge < -0.3 is 21.0 Å². The van der Waals surface area contributed by atoms with E-state index in [-0.39, 0.29) is 16.4 Å². The van der Waals surface area contributed by atoms with Gasteiger partial charge in [-0.05, 0) is 6.07 Å². The molecule has 102 valence electrons. The van der Waals surface area contributed by atoms with Crippen LogP contribution in [0.25, 0.3) is 0 Å². The van der Waals surface area contributed by atoms with Gasteiger partial charge in [0, 0.05) is 12.1 Å². The second-order valence-corrected chi connectivity index (χ2v) is 4.10. The molecule has 0 saturated heterocycles. The Balaban J connectivity index is 2.81. The molecule has 0 heterocycles. The summed E-state index contributed by atoms with van der Waals surface area (Å²) in [6.07, 6.45) is -0.415. The van der Waals surface area contributed by atoms with Crippen molar-refractivity contribution in [3.8, 4) is 0 Å². The largest absolute Gasteiger partial charge is 0.544 e. The van der Waals surface area contributed by atoms with Gasteiger partial charge in [-0.1, -0.05) is 11.6 Å². The quantitative estimate of drug-likeness (QED) is 0.524. The Morgan fingerprint density at radius 1 is 1.47 bits per heavy atom. The Bertz CT molecular complexity index is 534. The molecule has 0 bridgehead atoms. The summed E-state index contributed by atoms with van der Waals surface area (Å²) in [5.41, 5.74) is 3.01. The van der Waals surface area contributed by atoms with E-state index in [2.05, 4.69) is 11.1 Å². The third-order valence-electron chi connectivity index (χ3n) is 2.20. The van der Waals surface area contributed by atoms with E-state index < -0.39 is 29.3 Å². The number of carboxylic acids is 1. The van der Waals surface area contributed by atoms with E-state index in [9.17, 15) is 24.8 Å². The Morgan fingerprint density at radius 3 is 2.63 bits per heavy atom. The monoisotopic (exact) mass is 287 g/mol. The third-order valence-corrected chi connectivity index (χ3v) is 2.53. The van der Waals surface area contributed by atoms with Gasteiger partial charge in [0.1, 0.15) is 6.04 Å². The second kappa shape index (κ2) is 6.12. The highest BCUT2D eigenvalue weighted by Crippen LogP contribution is 2.26. The van der Waals surface area contributed by atoms with Gasteiger partial charge in [-0.25, -0.2) is 0 Å². The predicted molar refractivity (Wildman–Crippen MR) is 63.0 cm³/mol. The van der Waals surface area contributed by atoms with Crippen LogP contribution >= 0.6 is 11.6 Å². The Labute approximate surface area is 112 Å². The van der Waals surface area contributed by atoms with Crippen molar-refractivity contribution >= 4 is 34.9 Å². The molecule has 1 amide bonds. The smallest absolute Gasteiger partial charge is 0.271 e. The number of carbonyl (C=O) groups excluding carboxylic acids is 2. The standard InChI is InChI=1S/C10H10ClN3O5/c11-6-2-1-5(14(18)19)3-8(6)13-9(15)4-7(12)10(16)17/h1-3,7H,4,12H2,(H,13,15)(H,16,17)/t7-/m1/s1. The molecule has 0 aliphatic heterocycles. The molecule has 9 heteroatoms. The normalized spacial score (nSPS) is 11.7. The van der Waals surface area contributed by atoms with Crippen LogP contribution in [0.3, 0.4) is 0 Å². The van der Waals surface area contributed by atoms with Gasteiger partial charge in [0.05, 0.1) is 28.0 Å². The van der Waals surface area contributed by atoms with E-state index >= 15 is 0 Å². The maximum absolute atomic E-state index is 11.5. The van der Waals surface area contributed by atoms with Crippen LogP contribution in [0.2, 0.25) is 5.02 Å². The summed E-state index contributed by atoms with van der Waals surface area (Å²) in [7, 11) is 0. The van der Waals surface area contributed by atoms with Crippen molar-refractivity contribution in [3.05, 3.63) is 33.3 Å². The molecule has 19 heavy (non-hydrogen) atoms. The first-order chi connectivity index (χ1) is 8.81. The SMILES string of the molecule is [NH3+][C@H](CC(=O)Nc1cc([N+](=O)[O-])ccc1Cl)C(=O)[O-]. The fraction of sp³-hybridized carbons (Fsp3) is 0.200. The van der Waals surface area contributed by atoms with E-state index in [0.29, 0.717) is 0 Å². The molecule has 0 radical (unpaired) electrons. The van der Waals surface area contributed by atoms with E-state index in [4.69, 9.17) is 11.6 Å². The number of nitrogens with zero attached hydrogens (tertiary/aromatic N) is 1. The molecule has 0 aliphatic rings. The minimum absolute atomic E-state index is 0.0337. The van der Waals surface area contributed by atoms with Crippen LogP contribution in [0.5, 0.6) is 0 Å². The molecular formula is C10H10ClN3O5. The van der Waals surface area contributed by atoms with Gasteiger partial charge in [-0.15, -0.1) is 0 Å². The molecule has 1 aromatic carbocycles.